The van der Waals surface area contributed by atoms with Gasteiger partial charge in [-0.05, 0) is 25.5 Å². The summed E-state index contributed by atoms with van der Waals surface area (Å²) < 4.78 is 7.44. The number of esters is 1. The minimum atomic E-state index is -0.973. The first-order chi connectivity index (χ1) is 11.5. The maximum atomic E-state index is 12.6. The van der Waals surface area contributed by atoms with Gasteiger partial charge < -0.3 is 4.74 Å². The molecule has 0 saturated carbocycles. The molecule has 4 nitrogen and oxygen atoms in total. The Hall–Kier alpha value is -1.40. The Bertz CT molecular complexity index is 725. The average molecular weight is 364 g/mol. The van der Waals surface area contributed by atoms with Crippen LogP contribution in [0.4, 0.5) is 0 Å². The lowest BCUT2D eigenvalue weighted by molar-refractivity contribution is -0.156. The quantitative estimate of drug-likeness (QED) is 0.537. The van der Waals surface area contributed by atoms with Gasteiger partial charge in [-0.3, -0.25) is 9.59 Å². The molecule has 128 valence electrons. The summed E-state index contributed by atoms with van der Waals surface area (Å²) in [7, 11) is 0. The van der Waals surface area contributed by atoms with Crippen molar-refractivity contribution < 1.29 is 14.3 Å². The molecular weight excluding hydrogens is 342 g/mol. The van der Waals surface area contributed by atoms with Gasteiger partial charge >= 0.3 is 5.97 Å². The Morgan fingerprint density at radius 1 is 1.46 bits per heavy atom. The number of rotatable bonds is 7. The molecule has 0 N–H and O–H groups in total. The van der Waals surface area contributed by atoms with Gasteiger partial charge in [0.2, 0.25) is 0 Å². The number of Topliss-reactive ketones (excluding diaryl/α,β-unsaturated/α-hetero) is 1. The monoisotopic (exact) mass is 363 g/mol. The third kappa shape index (κ3) is 3.64. The van der Waals surface area contributed by atoms with Gasteiger partial charge in [-0.2, -0.15) is 0 Å². The summed E-state index contributed by atoms with van der Waals surface area (Å²) in [4.78, 5) is 29.1. The first kappa shape index (κ1) is 17.4. The van der Waals surface area contributed by atoms with Gasteiger partial charge in [-0.25, -0.2) is 4.98 Å². The number of thiazole rings is 1. The zero-order chi connectivity index (χ0) is 17.2. The number of benzene rings is 1. The van der Waals surface area contributed by atoms with Crippen LogP contribution in [0.1, 0.15) is 39.5 Å². The minimum Gasteiger partial charge on any atom is -0.451 e. The van der Waals surface area contributed by atoms with E-state index >= 15 is 0 Å². The summed E-state index contributed by atoms with van der Waals surface area (Å²) >= 11 is 3.01. The molecule has 0 radical (unpaired) electrons. The molecule has 1 fully saturated rings. The van der Waals surface area contributed by atoms with Crippen molar-refractivity contribution in [2.75, 3.05) is 5.75 Å². The number of ether oxygens (including phenoxy) is 1. The van der Waals surface area contributed by atoms with Crippen molar-refractivity contribution in [3.05, 3.63) is 24.3 Å². The van der Waals surface area contributed by atoms with Gasteiger partial charge in [0, 0.05) is 6.42 Å². The largest absolute Gasteiger partial charge is 0.451 e. The predicted molar refractivity (Wildman–Crippen MR) is 97.5 cm³/mol. The van der Waals surface area contributed by atoms with Crippen molar-refractivity contribution in [2.24, 2.45) is 5.92 Å². The molecule has 1 saturated heterocycles. The number of nitrogens with zero attached hydrogens (tertiary/aromatic N) is 1. The van der Waals surface area contributed by atoms with Gasteiger partial charge in [-0.1, -0.05) is 43.7 Å². The average Bonchev–Trinajstić information content (AvgIpc) is 3.11. The van der Waals surface area contributed by atoms with Crippen LogP contribution in [0.3, 0.4) is 0 Å². The molecular formula is C18H21NO3S2. The van der Waals surface area contributed by atoms with E-state index in [2.05, 4.69) is 11.9 Å². The van der Waals surface area contributed by atoms with Crippen molar-refractivity contribution in [1.82, 2.24) is 4.98 Å². The van der Waals surface area contributed by atoms with Gasteiger partial charge in [0.05, 0.1) is 21.9 Å². The third-order valence-corrected chi connectivity index (χ3v) is 6.57. The Labute approximate surface area is 150 Å². The molecule has 1 aromatic carbocycles. The highest BCUT2D eigenvalue weighted by molar-refractivity contribution is 8.01. The summed E-state index contributed by atoms with van der Waals surface area (Å²) in [5.74, 6) is -0.0980. The number of carbonyl (C=O) groups excluding carboxylic acids is 2. The fraction of sp³-hybridized carbons (Fsp3) is 0.500. The number of unbranched alkanes of at least 4 members (excludes halogenated alkanes) is 1. The molecule has 2 heterocycles. The number of cyclic esters (lactones) is 1. The second kappa shape index (κ2) is 7.23. The summed E-state index contributed by atoms with van der Waals surface area (Å²) in [5, 5.41) is 0. The molecule has 3 rings (SSSR count). The van der Waals surface area contributed by atoms with Crippen molar-refractivity contribution in [2.45, 2.75) is 49.5 Å². The van der Waals surface area contributed by atoms with E-state index in [4.69, 9.17) is 4.74 Å². The normalized spacial score (nSPS) is 23.6. The van der Waals surface area contributed by atoms with Crippen molar-refractivity contribution in [3.63, 3.8) is 0 Å². The molecule has 1 aliphatic rings. The summed E-state index contributed by atoms with van der Waals surface area (Å²) in [5.41, 5.74) is -0.0188. The fourth-order valence-electron chi connectivity index (χ4n) is 2.93. The fourth-order valence-corrected chi connectivity index (χ4v) is 5.04. The molecule has 0 spiro atoms. The third-order valence-electron chi connectivity index (χ3n) is 4.39. The Morgan fingerprint density at radius 3 is 3.00 bits per heavy atom. The Balaban J connectivity index is 1.61. The number of para-hydroxylation sites is 1. The van der Waals surface area contributed by atoms with Gasteiger partial charge in [0.15, 0.2) is 15.7 Å². The van der Waals surface area contributed by atoms with Gasteiger partial charge in [0.25, 0.3) is 0 Å². The second-order valence-corrected chi connectivity index (χ2v) is 8.61. The molecule has 0 amide bonds. The topological polar surface area (TPSA) is 56.3 Å². The van der Waals surface area contributed by atoms with Crippen molar-refractivity contribution >= 4 is 45.1 Å². The standard InChI is InChI=1S/C18H21NO3S2/c1-3-4-7-12-10-18(2,22-16(12)21)15(20)11-23-17-19-13-8-5-6-9-14(13)24-17/h5-6,8-9,12H,3-4,7,10-11H2,1-2H3/t12-,18+/m1/s1. The number of aromatic nitrogens is 1. The zero-order valence-electron chi connectivity index (χ0n) is 13.9. The summed E-state index contributed by atoms with van der Waals surface area (Å²) in [6.07, 6.45) is 3.35. The van der Waals surface area contributed by atoms with E-state index < -0.39 is 5.60 Å². The van der Waals surface area contributed by atoms with Gasteiger partial charge in [-0.15, -0.1) is 11.3 Å². The van der Waals surface area contributed by atoms with Gasteiger partial charge in [0.1, 0.15) is 0 Å². The summed E-state index contributed by atoms with van der Waals surface area (Å²) in [6, 6.07) is 7.93. The van der Waals surface area contributed by atoms with E-state index in [1.807, 2.05) is 24.3 Å². The van der Waals surface area contributed by atoms with E-state index in [0.29, 0.717) is 6.42 Å². The second-order valence-electron chi connectivity index (χ2n) is 6.35. The Kier molecular flexibility index (Phi) is 5.25. The summed E-state index contributed by atoms with van der Waals surface area (Å²) in [6.45, 7) is 3.84. The van der Waals surface area contributed by atoms with Crippen LogP contribution in [-0.4, -0.2) is 28.1 Å². The first-order valence-corrected chi connectivity index (χ1v) is 10.1. The van der Waals surface area contributed by atoms with Crippen LogP contribution in [0.25, 0.3) is 10.2 Å². The molecule has 0 unspecified atom stereocenters. The maximum absolute atomic E-state index is 12.6. The van der Waals surface area contributed by atoms with Crippen LogP contribution in [0.15, 0.2) is 28.6 Å². The zero-order valence-corrected chi connectivity index (χ0v) is 15.5. The highest BCUT2D eigenvalue weighted by atomic mass is 32.2. The number of fused-ring (bicyclic) bond motifs is 1. The molecule has 0 aliphatic carbocycles. The molecule has 0 bridgehead atoms. The van der Waals surface area contributed by atoms with Crippen molar-refractivity contribution in [1.29, 1.82) is 0 Å². The van der Waals surface area contributed by atoms with Crippen LogP contribution in [0.2, 0.25) is 0 Å². The highest BCUT2D eigenvalue weighted by Crippen LogP contribution is 2.37. The minimum absolute atomic E-state index is 0.0286. The van der Waals surface area contributed by atoms with E-state index in [1.54, 1.807) is 18.3 Å². The molecule has 6 heteroatoms. The number of hydrogen-bond donors (Lipinski definition) is 0. The highest BCUT2D eigenvalue weighted by Gasteiger charge is 2.47. The van der Waals surface area contributed by atoms with E-state index in [1.165, 1.54) is 11.8 Å². The molecule has 1 aromatic heterocycles. The van der Waals surface area contributed by atoms with E-state index in [9.17, 15) is 9.59 Å². The predicted octanol–water partition coefficient (Wildman–Crippen LogP) is 4.47. The number of carbonyl (C=O) groups is 2. The van der Waals surface area contributed by atoms with Crippen LogP contribution < -0.4 is 0 Å². The van der Waals surface area contributed by atoms with Crippen LogP contribution in [0.5, 0.6) is 0 Å². The lowest BCUT2D eigenvalue weighted by atomic mass is 9.90. The number of ketones is 1. The lowest BCUT2D eigenvalue weighted by Gasteiger charge is -2.20. The smallest absolute Gasteiger partial charge is 0.310 e. The number of hydrogen-bond acceptors (Lipinski definition) is 6. The lowest BCUT2D eigenvalue weighted by Crippen LogP contribution is -2.36. The maximum Gasteiger partial charge on any atom is 0.310 e. The molecule has 2 aromatic rings. The SMILES string of the molecule is CCCC[C@@H]1C[C@@](C)(C(=O)CSc2nc3ccccc3s2)OC1=O. The van der Waals surface area contributed by atoms with E-state index in [0.717, 1.165) is 33.8 Å². The number of thioether (sulfide) groups is 1. The molecule has 1 aliphatic heterocycles. The van der Waals surface area contributed by atoms with E-state index in [-0.39, 0.29) is 23.4 Å². The molecule has 2 atom stereocenters. The van der Waals surface area contributed by atoms with Crippen LogP contribution in [-0.2, 0) is 14.3 Å². The van der Waals surface area contributed by atoms with Crippen molar-refractivity contribution in [3.8, 4) is 0 Å². The molecule has 24 heavy (non-hydrogen) atoms. The van der Waals surface area contributed by atoms with Crippen LogP contribution >= 0.6 is 23.1 Å². The Morgan fingerprint density at radius 2 is 2.25 bits per heavy atom. The first-order valence-electron chi connectivity index (χ1n) is 8.26. The van der Waals surface area contributed by atoms with Crippen LogP contribution in [0, 0.1) is 5.92 Å².